The van der Waals surface area contributed by atoms with Gasteiger partial charge in [-0.15, -0.1) is 0 Å². The summed E-state index contributed by atoms with van der Waals surface area (Å²) in [5.41, 5.74) is 6.65. The van der Waals surface area contributed by atoms with Crippen LogP contribution in [0, 0.1) is 11.8 Å². The average Bonchev–Trinajstić information content (AvgIpc) is 3.41. The van der Waals surface area contributed by atoms with E-state index in [0.29, 0.717) is 11.8 Å². The Hall–Kier alpha value is -3.10. The van der Waals surface area contributed by atoms with Gasteiger partial charge in [-0.3, -0.25) is 0 Å². The lowest BCUT2D eigenvalue weighted by molar-refractivity contribution is 0.0593. The van der Waals surface area contributed by atoms with Crippen LogP contribution in [-0.2, 0) is 4.74 Å². The molecule has 0 aliphatic carbocycles. The third kappa shape index (κ3) is 3.91. The molecule has 0 amide bonds. The topological polar surface area (TPSA) is 18.5 Å². The van der Waals surface area contributed by atoms with Crippen LogP contribution in [0.2, 0.25) is 0 Å². The van der Waals surface area contributed by atoms with Gasteiger partial charge in [0.1, 0.15) is 5.75 Å². The largest absolute Gasteiger partial charge is 0.497 e. The molecule has 0 saturated carbocycles. The second kappa shape index (κ2) is 9.18. The van der Waals surface area contributed by atoms with Gasteiger partial charge in [-0.1, -0.05) is 104 Å². The van der Waals surface area contributed by atoms with E-state index in [-0.39, 0.29) is 12.2 Å². The molecule has 2 heteroatoms. The molecule has 2 aliphatic rings. The summed E-state index contributed by atoms with van der Waals surface area (Å²) in [6, 6.07) is 27.7. The normalized spacial score (nSPS) is 24.1. The van der Waals surface area contributed by atoms with E-state index in [4.69, 9.17) is 9.47 Å². The first kappa shape index (κ1) is 20.8. The van der Waals surface area contributed by atoms with E-state index in [1.807, 2.05) is 12.1 Å². The summed E-state index contributed by atoms with van der Waals surface area (Å²) in [6.45, 7) is 2.26. The molecule has 32 heavy (non-hydrogen) atoms. The van der Waals surface area contributed by atoms with Crippen LogP contribution in [0.5, 0.6) is 5.75 Å². The maximum Gasteiger partial charge on any atom is 0.118 e. The highest BCUT2D eigenvalue weighted by molar-refractivity contribution is 5.58. The Bertz CT molecular complexity index is 1110. The molecule has 162 valence electrons. The van der Waals surface area contributed by atoms with E-state index in [1.54, 1.807) is 7.11 Å². The second-order valence-electron chi connectivity index (χ2n) is 8.72. The SMILES string of the molecule is CCC/C(=C\c1ccc(OC)cc1)[C@@H]1[C@H](/C=C/c2ccccc2)[C@@H]2O[C@H]1c1ccccc12. The molecule has 2 heterocycles. The lowest BCUT2D eigenvalue weighted by Gasteiger charge is -2.30. The monoisotopic (exact) mass is 422 g/mol. The zero-order valence-electron chi connectivity index (χ0n) is 18.8. The quantitative estimate of drug-likeness (QED) is 0.389. The molecular formula is C30H30O2. The number of methoxy groups -OCH3 is 1. The molecule has 0 N–H and O–H groups in total. The molecule has 0 unspecified atom stereocenters. The minimum Gasteiger partial charge on any atom is -0.497 e. The summed E-state index contributed by atoms with van der Waals surface area (Å²) in [4.78, 5) is 0. The minimum absolute atomic E-state index is 0.122. The standard InChI is InChI=1S/C30H30O2/c1-3-9-23(20-22-14-17-24(31-2)18-15-22)28-27(19-16-21-10-5-4-6-11-21)29-25-12-7-8-13-26(25)30(28)32-29/h4-8,10-20,27-30H,3,9H2,1-2H3/b19-16+,23-20+/t27-,28+,29+,30-/m0/s1. The predicted octanol–water partition coefficient (Wildman–Crippen LogP) is 7.65. The van der Waals surface area contributed by atoms with Gasteiger partial charge in [-0.05, 0) is 40.8 Å². The number of benzene rings is 3. The second-order valence-corrected chi connectivity index (χ2v) is 8.72. The Morgan fingerprint density at radius 1 is 0.844 bits per heavy atom. The molecule has 0 radical (unpaired) electrons. The van der Waals surface area contributed by atoms with E-state index in [0.717, 1.165) is 18.6 Å². The highest BCUT2D eigenvalue weighted by Crippen LogP contribution is 2.60. The van der Waals surface area contributed by atoms with Crippen molar-refractivity contribution in [3.63, 3.8) is 0 Å². The van der Waals surface area contributed by atoms with Crippen molar-refractivity contribution in [3.05, 3.63) is 113 Å². The van der Waals surface area contributed by atoms with Gasteiger partial charge in [0.15, 0.2) is 0 Å². The predicted molar refractivity (Wildman–Crippen MR) is 131 cm³/mol. The van der Waals surface area contributed by atoms with Crippen LogP contribution in [-0.4, -0.2) is 7.11 Å². The fourth-order valence-electron chi connectivity index (χ4n) is 5.29. The van der Waals surface area contributed by atoms with Crippen LogP contribution >= 0.6 is 0 Å². The average molecular weight is 423 g/mol. The molecule has 2 bridgehead atoms. The van der Waals surface area contributed by atoms with Crippen LogP contribution in [0.25, 0.3) is 12.2 Å². The summed E-state index contributed by atoms with van der Waals surface area (Å²) in [6.07, 6.45) is 9.46. The fraction of sp³-hybridized carbons (Fsp3) is 0.267. The fourth-order valence-corrected chi connectivity index (χ4v) is 5.29. The van der Waals surface area contributed by atoms with Gasteiger partial charge in [-0.25, -0.2) is 0 Å². The van der Waals surface area contributed by atoms with E-state index in [9.17, 15) is 0 Å². The number of fused-ring (bicyclic) bond motifs is 5. The number of hydrogen-bond donors (Lipinski definition) is 0. The van der Waals surface area contributed by atoms with Crippen LogP contribution in [0.4, 0.5) is 0 Å². The molecule has 3 aromatic carbocycles. The Kier molecular flexibility index (Phi) is 5.96. The van der Waals surface area contributed by atoms with Crippen LogP contribution < -0.4 is 4.74 Å². The van der Waals surface area contributed by atoms with Gasteiger partial charge < -0.3 is 9.47 Å². The van der Waals surface area contributed by atoms with E-state index in [1.165, 1.54) is 27.8 Å². The van der Waals surface area contributed by atoms with E-state index < -0.39 is 0 Å². The molecule has 1 saturated heterocycles. The molecule has 1 fully saturated rings. The van der Waals surface area contributed by atoms with Gasteiger partial charge in [-0.2, -0.15) is 0 Å². The minimum atomic E-state index is 0.122. The highest BCUT2D eigenvalue weighted by atomic mass is 16.5. The van der Waals surface area contributed by atoms with Crippen molar-refractivity contribution in [2.24, 2.45) is 11.8 Å². The number of ether oxygens (including phenoxy) is 2. The Morgan fingerprint density at radius 3 is 2.22 bits per heavy atom. The van der Waals surface area contributed by atoms with E-state index >= 15 is 0 Å². The first-order chi connectivity index (χ1) is 15.8. The van der Waals surface area contributed by atoms with Gasteiger partial charge >= 0.3 is 0 Å². The van der Waals surface area contributed by atoms with Crippen molar-refractivity contribution < 1.29 is 9.47 Å². The van der Waals surface area contributed by atoms with Crippen molar-refractivity contribution in [3.8, 4) is 5.75 Å². The summed E-state index contributed by atoms with van der Waals surface area (Å²) in [7, 11) is 1.71. The third-order valence-corrected chi connectivity index (χ3v) is 6.74. The van der Waals surface area contributed by atoms with Gasteiger partial charge in [0.05, 0.1) is 19.3 Å². The molecule has 0 spiro atoms. The number of hydrogen-bond acceptors (Lipinski definition) is 2. The van der Waals surface area contributed by atoms with Gasteiger partial charge in [0, 0.05) is 11.8 Å². The van der Waals surface area contributed by atoms with E-state index in [2.05, 4.69) is 91.9 Å². The van der Waals surface area contributed by atoms with Crippen molar-refractivity contribution >= 4 is 12.2 Å². The molecule has 5 rings (SSSR count). The van der Waals surface area contributed by atoms with Gasteiger partial charge in [0.2, 0.25) is 0 Å². The maximum atomic E-state index is 6.65. The lowest BCUT2D eigenvalue weighted by atomic mass is 9.71. The van der Waals surface area contributed by atoms with Crippen LogP contribution in [0.1, 0.15) is 54.2 Å². The third-order valence-electron chi connectivity index (χ3n) is 6.74. The Morgan fingerprint density at radius 2 is 1.53 bits per heavy atom. The Labute approximate surface area is 191 Å². The molecule has 0 aromatic heterocycles. The smallest absolute Gasteiger partial charge is 0.118 e. The summed E-state index contributed by atoms with van der Waals surface area (Å²) >= 11 is 0. The van der Waals surface area contributed by atoms with Gasteiger partial charge in [0.25, 0.3) is 0 Å². The maximum absolute atomic E-state index is 6.65. The summed E-state index contributed by atoms with van der Waals surface area (Å²) < 4.78 is 12.0. The van der Waals surface area contributed by atoms with Crippen LogP contribution in [0.15, 0.2) is 90.5 Å². The van der Waals surface area contributed by atoms with Crippen molar-refractivity contribution in [1.82, 2.24) is 0 Å². The summed E-state index contributed by atoms with van der Waals surface area (Å²) in [5, 5.41) is 0. The summed E-state index contributed by atoms with van der Waals surface area (Å²) in [5.74, 6) is 1.56. The Balaban J connectivity index is 1.54. The highest BCUT2D eigenvalue weighted by Gasteiger charge is 2.51. The van der Waals surface area contributed by atoms with Crippen molar-refractivity contribution in [2.45, 2.75) is 32.0 Å². The molecule has 4 atom stereocenters. The lowest BCUT2D eigenvalue weighted by Crippen LogP contribution is -2.22. The van der Waals surface area contributed by atoms with Crippen LogP contribution in [0.3, 0.4) is 0 Å². The zero-order valence-corrected chi connectivity index (χ0v) is 18.8. The van der Waals surface area contributed by atoms with Crippen molar-refractivity contribution in [2.75, 3.05) is 7.11 Å². The first-order valence-electron chi connectivity index (χ1n) is 11.6. The van der Waals surface area contributed by atoms with Crippen molar-refractivity contribution in [1.29, 1.82) is 0 Å². The number of rotatable bonds is 7. The molecular weight excluding hydrogens is 392 g/mol. The molecule has 3 aromatic rings. The molecule has 2 aliphatic heterocycles. The molecule has 2 nitrogen and oxygen atoms in total. The zero-order chi connectivity index (χ0) is 21.9. The first-order valence-corrected chi connectivity index (χ1v) is 11.6.